The molecule has 0 saturated heterocycles. The van der Waals surface area contributed by atoms with Crippen LogP contribution < -0.4 is 16.4 Å². The minimum absolute atomic E-state index is 0.0932. The highest BCUT2D eigenvalue weighted by Gasteiger charge is 2.07. The van der Waals surface area contributed by atoms with Crippen molar-refractivity contribution in [2.45, 2.75) is 46.5 Å². The van der Waals surface area contributed by atoms with E-state index >= 15 is 0 Å². The van der Waals surface area contributed by atoms with Crippen molar-refractivity contribution in [2.75, 3.05) is 17.6 Å². The molecule has 0 bridgehead atoms. The van der Waals surface area contributed by atoms with Crippen LogP contribution in [0.5, 0.6) is 0 Å². The lowest BCUT2D eigenvalue weighted by molar-refractivity contribution is -0.116. The lowest BCUT2D eigenvalue weighted by Crippen LogP contribution is -2.24. The summed E-state index contributed by atoms with van der Waals surface area (Å²) in [5.41, 5.74) is 8.07. The number of nitrogens with two attached hydrogens (primary N) is 1. The Labute approximate surface area is 166 Å². The highest BCUT2D eigenvalue weighted by Crippen LogP contribution is 2.19. The maximum Gasteiger partial charge on any atom is 0.251 e. The number of nitrogens with one attached hydrogen (secondary N) is 2. The first-order chi connectivity index (χ1) is 13.5. The number of unbranched alkanes of at least 4 members (excludes halogenated alkanes) is 2. The molecule has 2 aromatic rings. The molecule has 2 rings (SSSR count). The van der Waals surface area contributed by atoms with E-state index in [9.17, 15) is 14.0 Å². The van der Waals surface area contributed by atoms with Gasteiger partial charge in [-0.2, -0.15) is 0 Å². The molecular formula is C22H30FN3O2. The monoisotopic (exact) mass is 387 g/mol. The van der Waals surface area contributed by atoms with Gasteiger partial charge in [0.2, 0.25) is 5.91 Å². The third-order valence-electron chi connectivity index (χ3n) is 3.97. The number of hydrogen-bond acceptors (Lipinski definition) is 3. The molecule has 0 atom stereocenters. The summed E-state index contributed by atoms with van der Waals surface area (Å²) >= 11 is 0. The number of anilines is 2. The number of aryl methyl sites for hydroxylation is 1. The van der Waals surface area contributed by atoms with Crippen molar-refractivity contribution in [2.24, 2.45) is 0 Å². The lowest BCUT2D eigenvalue weighted by Gasteiger charge is -2.08. The van der Waals surface area contributed by atoms with Gasteiger partial charge in [0.25, 0.3) is 5.91 Å². The second-order valence-electron chi connectivity index (χ2n) is 6.21. The molecule has 0 aliphatic rings. The molecule has 4 N–H and O–H groups in total. The van der Waals surface area contributed by atoms with Crippen molar-refractivity contribution in [3.8, 4) is 0 Å². The zero-order valence-corrected chi connectivity index (χ0v) is 16.8. The Morgan fingerprint density at radius 1 is 1.00 bits per heavy atom. The number of hydrogen-bond donors (Lipinski definition) is 3. The molecule has 0 heterocycles. The van der Waals surface area contributed by atoms with Gasteiger partial charge in [-0.25, -0.2) is 4.39 Å². The van der Waals surface area contributed by atoms with Gasteiger partial charge in [0.1, 0.15) is 5.82 Å². The Balaban J connectivity index is 0.00000190. The van der Waals surface area contributed by atoms with Crippen LogP contribution in [0.4, 0.5) is 15.8 Å². The van der Waals surface area contributed by atoms with Crippen molar-refractivity contribution in [1.29, 1.82) is 0 Å². The van der Waals surface area contributed by atoms with Gasteiger partial charge in [0.15, 0.2) is 0 Å². The molecule has 152 valence electrons. The van der Waals surface area contributed by atoms with Crippen LogP contribution >= 0.6 is 0 Å². The van der Waals surface area contributed by atoms with E-state index in [4.69, 9.17) is 5.73 Å². The number of rotatable bonds is 8. The number of carbonyl (C=O) groups excluding carboxylic acids is 2. The number of halogens is 1. The van der Waals surface area contributed by atoms with Gasteiger partial charge in [0, 0.05) is 18.5 Å². The molecule has 2 aromatic carbocycles. The van der Waals surface area contributed by atoms with Gasteiger partial charge < -0.3 is 16.4 Å². The molecule has 0 radical (unpaired) electrons. The van der Waals surface area contributed by atoms with Crippen LogP contribution in [0.15, 0.2) is 42.5 Å². The summed E-state index contributed by atoms with van der Waals surface area (Å²) in [6, 6.07) is 11.3. The van der Waals surface area contributed by atoms with Gasteiger partial charge >= 0.3 is 0 Å². The van der Waals surface area contributed by atoms with E-state index in [1.807, 2.05) is 32.9 Å². The number of amides is 2. The Morgan fingerprint density at radius 3 is 2.36 bits per heavy atom. The van der Waals surface area contributed by atoms with Gasteiger partial charge in [-0.3, -0.25) is 9.59 Å². The summed E-state index contributed by atoms with van der Waals surface area (Å²) < 4.78 is 13.2. The quantitative estimate of drug-likeness (QED) is 0.454. The number of nitrogen functional groups attached to an aromatic ring is 1. The highest BCUT2D eigenvalue weighted by atomic mass is 19.1. The molecule has 0 unspecified atom stereocenters. The smallest absolute Gasteiger partial charge is 0.251 e. The summed E-state index contributed by atoms with van der Waals surface area (Å²) in [6.45, 7) is 6.53. The fourth-order valence-electron chi connectivity index (χ4n) is 2.45. The summed E-state index contributed by atoms with van der Waals surface area (Å²) in [5, 5.41) is 5.47. The lowest BCUT2D eigenvalue weighted by atomic mass is 10.1. The summed E-state index contributed by atoms with van der Waals surface area (Å²) in [6.07, 6.45) is 2.59. The highest BCUT2D eigenvalue weighted by molar-refractivity contribution is 5.94. The SMILES string of the molecule is CC.Cc1ccc(C(=O)NCCCCCC(=O)Nc2cc(F)ccc2N)cc1. The average Bonchev–Trinajstić information content (AvgIpc) is 2.69. The third-order valence-corrected chi connectivity index (χ3v) is 3.97. The summed E-state index contributed by atoms with van der Waals surface area (Å²) in [7, 11) is 0. The molecule has 2 amide bonds. The standard InChI is InChI=1S/C20H24FN3O2.C2H6/c1-14-6-8-15(9-7-14)20(26)23-12-4-2-3-5-19(25)24-18-13-16(21)10-11-17(18)22;1-2/h6-11,13H,2-5,12,22H2,1H3,(H,23,26)(H,24,25);1-2H3. The van der Waals surface area contributed by atoms with Gasteiger partial charge in [-0.1, -0.05) is 38.0 Å². The largest absolute Gasteiger partial charge is 0.397 e. The van der Waals surface area contributed by atoms with Crippen LogP contribution in [0.25, 0.3) is 0 Å². The molecule has 0 aromatic heterocycles. The molecule has 28 heavy (non-hydrogen) atoms. The Bertz CT molecular complexity index is 761. The minimum atomic E-state index is -0.446. The van der Waals surface area contributed by atoms with E-state index in [0.29, 0.717) is 36.3 Å². The van der Waals surface area contributed by atoms with E-state index in [1.165, 1.54) is 18.2 Å². The van der Waals surface area contributed by atoms with Crippen molar-refractivity contribution >= 4 is 23.2 Å². The Hall–Kier alpha value is -2.89. The fourth-order valence-corrected chi connectivity index (χ4v) is 2.45. The van der Waals surface area contributed by atoms with Crippen molar-refractivity contribution in [1.82, 2.24) is 5.32 Å². The van der Waals surface area contributed by atoms with E-state index in [0.717, 1.165) is 18.4 Å². The molecule has 0 aliphatic heterocycles. The predicted molar refractivity (Wildman–Crippen MR) is 113 cm³/mol. The van der Waals surface area contributed by atoms with Crippen LogP contribution in [0.2, 0.25) is 0 Å². The number of carbonyl (C=O) groups is 2. The van der Waals surface area contributed by atoms with E-state index < -0.39 is 5.82 Å². The van der Waals surface area contributed by atoms with Crippen molar-refractivity contribution in [3.63, 3.8) is 0 Å². The van der Waals surface area contributed by atoms with E-state index in [-0.39, 0.29) is 11.8 Å². The second kappa shape index (κ2) is 12.5. The van der Waals surface area contributed by atoms with Crippen LogP contribution in [-0.4, -0.2) is 18.4 Å². The molecule has 5 nitrogen and oxygen atoms in total. The van der Waals surface area contributed by atoms with Crippen LogP contribution in [-0.2, 0) is 4.79 Å². The summed E-state index contributed by atoms with van der Waals surface area (Å²) in [5.74, 6) is -0.742. The first-order valence-corrected chi connectivity index (χ1v) is 9.65. The van der Waals surface area contributed by atoms with Gasteiger partial charge in [-0.05, 0) is 50.1 Å². The molecule has 0 fully saturated rings. The maximum absolute atomic E-state index is 13.2. The topological polar surface area (TPSA) is 84.2 Å². The van der Waals surface area contributed by atoms with E-state index in [1.54, 1.807) is 12.1 Å². The van der Waals surface area contributed by atoms with E-state index in [2.05, 4.69) is 10.6 Å². The summed E-state index contributed by atoms with van der Waals surface area (Å²) in [4.78, 5) is 23.8. The molecule has 6 heteroatoms. The minimum Gasteiger partial charge on any atom is -0.397 e. The molecule has 0 spiro atoms. The van der Waals surface area contributed by atoms with Crippen molar-refractivity contribution < 1.29 is 14.0 Å². The zero-order valence-electron chi connectivity index (χ0n) is 16.8. The average molecular weight is 387 g/mol. The maximum atomic E-state index is 13.2. The Kier molecular flexibility index (Phi) is 10.3. The van der Waals surface area contributed by atoms with Gasteiger partial charge in [-0.15, -0.1) is 0 Å². The third kappa shape index (κ3) is 8.20. The predicted octanol–water partition coefficient (Wildman–Crippen LogP) is 4.67. The normalized spacial score (nSPS) is 9.86. The number of benzene rings is 2. The van der Waals surface area contributed by atoms with Crippen molar-refractivity contribution in [3.05, 3.63) is 59.4 Å². The first kappa shape index (κ1) is 23.1. The van der Waals surface area contributed by atoms with Crippen LogP contribution in [0, 0.1) is 12.7 Å². The van der Waals surface area contributed by atoms with Gasteiger partial charge in [0.05, 0.1) is 11.4 Å². The van der Waals surface area contributed by atoms with Crippen LogP contribution in [0.1, 0.15) is 55.5 Å². The molecular weight excluding hydrogens is 357 g/mol. The first-order valence-electron chi connectivity index (χ1n) is 9.65. The zero-order chi connectivity index (χ0) is 20.9. The molecule has 0 aliphatic carbocycles. The fraction of sp³-hybridized carbons (Fsp3) is 0.364. The van der Waals surface area contributed by atoms with Crippen LogP contribution in [0.3, 0.4) is 0 Å². The Morgan fingerprint density at radius 2 is 1.68 bits per heavy atom. The molecule has 0 saturated carbocycles. The second-order valence-corrected chi connectivity index (χ2v) is 6.21.